The molecule has 2 N–H and O–H groups in total. The molecule has 30 heavy (non-hydrogen) atoms. The van der Waals surface area contributed by atoms with Crippen molar-refractivity contribution in [1.29, 1.82) is 0 Å². The number of amides is 2. The van der Waals surface area contributed by atoms with Crippen LogP contribution in [-0.4, -0.2) is 30.9 Å². The Hall–Kier alpha value is -3.58. The lowest BCUT2D eigenvalue weighted by atomic mass is 10.1. The number of para-hydroxylation sites is 1. The minimum atomic E-state index is -0.724. The summed E-state index contributed by atoms with van der Waals surface area (Å²) in [7, 11) is 0. The number of nitrogens with one attached hydrogen (secondary N) is 2. The maximum Gasteiger partial charge on any atom is 0.340 e. The van der Waals surface area contributed by atoms with Gasteiger partial charge in [-0.2, -0.15) is 0 Å². The number of carbonyl (C=O) groups excluding carboxylic acids is 3. The molecule has 0 spiro atoms. The molecular formula is C22H19ClN2O5. The molecule has 0 aliphatic rings. The fourth-order valence-electron chi connectivity index (χ4n) is 2.62. The summed E-state index contributed by atoms with van der Waals surface area (Å²) >= 11 is 5.84. The van der Waals surface area contributed by atoms with Crippen molar-refractivity contribution in [2.75, 3.05) is 18.5 Å². The third-order valence-electron chi connectivity index (χ3n) is 4.12. The van der Waals surface area contributed by atoms with Crippen LogP contribution in [0.15, 0.2) is 71.3 Å². The molecule has 1 heterocycles. The predicted octanol–water partition coefficient (Wildman–Crippen LogP) is 3.70. The second-order valence-electron chi connectivity index (χ2n) is 6.28. The number of benzene rings is 2. The molecule has 0 atom stereocenters. The Balaban J connectivity index is 1.49. The quantitative estimate of drug-likeness (QED) is 0.535. The summed E-state index contributed by atoms with van der Waals surface area (Å²) in [5, 5.41) is 5.93. The number of anilines is 1. The summed E-state index contributed by atoms with van der Waals surface area (Å²) in [6.45, 7) is -0.0340. The van der Waals surface area contributed by atoms with Gasteiger partial charge in [-0.25, -0.2) is 4.79 Å². The zero-order chi connectivity index (χ0) is 21.3. The van der Waals surface area contributed by atoms with Crippen LogP contribution in [0.25, 0.3) is 0 Å². The lowest BCUT2D eigenvalue weighted by molar-refractivity contribution is -0.124. The predicted molar refractivity (Wildman–Crippen MR) is 112 cm³/mol. The van der Waals surface area contributed by atoms with Gasteiger partial charge in [0.15, 0.2) is 12.4 Å². The van der Waals surface area contributed by atoms with Crippen molar-refractivity contribution in [3.05, 3.63) is 88.8 Å². The van der Waals surface area contributed by atoms with Crippen LogP contribution in [0.5, 0.6) is 0 Å². The number of hydrogen-bond acceptors (Lipinski definition) is 5. The molecule has 2 amide bonds. The number of rotatable bonds is 8. The first-order valence-corrected chi connectivity index (χ1v) is 9.53. The van der Waals surface area contributed by atoms with Crippen molar-refractivity contribution < 1.29 is 23.5 Å². The summed E-state index contributed by atoms with van der Waals surface area (Å²) in [5.74, 6) is -1.54. The van der Waals surface area contributed by atoms with Crippen molar-refractivity contribution in [2.45, 2.75) is 6.42 Å². The molecule has 0 radical (unpaired) electrons. The normalized spacial score (nSPS) is 10.3. The van der Waals surface area contributed by atoms with Crippen molar-refractivity contribution in [2.24, 2.45) is 0 Å². The Morgan fingerprint density at radius 3 is 2.47 bits per heavy atom. The van der Waals surface area contributed by atoms with Crippen molar-refractivity contribution in [3.63, 3.8) is 0 Å². The van der Waals surface area contributed by atoms with Gasteiger partial charge in [0.05, 0.1) is 17.5 Å². The van der Waals surface area contributed by atoms with Crippen LogP contribution in [-0.2, 0) is 16.0 Å². The molecule has 0 saturated heterocycles. The summed E-state index contributed by atoms with van der Waals surface area (Å²) in [4.78, 5) is 36.5. The van der Waals surface area contributed by atoms with Gasteiger partial charge in [0.2, 0.25) is 0 Å². The minimum absolute atomic E-state index is 0.109. The number of esters is 1. The molecular weight excluding hydrogens is 408 g/mol. The Bertz CT molecular complexity index is 1020. The van der Waals surface area contributed by atoms with Crippen LogP contribution in [0.4, 0.5) is 5.69 Å². The van der Waals surface area contributed by atoms with E-state index < -0.39 is 24.4 Å². The Morgan fingerprint density at radius 1 is 0.967 bits per heavy atom. The lowest BCUT2D eigenvalue weighted by Gasteiger charge is -2.10. The first-order valence-electron chi connectivity index (χ1n) is 9.15. The molecule has 1 aromatic heterocycles. The fourth-order valence-corrected chi connectivity index (χ4v) is 2.74. The highest BCUT2D eigenvalue weighted by molar-refractivity contribution is 6.30. The summed E-state index contributed by atoms with van der Waals surface area (Å²) in [6, 6.07) is 16.8. The van der Waals surface area contributed by atoms with E-state index in [1.807, 2.05) is 12.1 Å². The first-order chi connectivity index (χ1) is 14.5. The molecule has 0 aliphatic carbocycles. The second kappa shape index (κ2) is 10.3. The Kier molecular flexibility index (Phi) is 7.24. The molecule has 0 fully saturated rings. The molecule has 3 aromatic rings. The maximum atomic E-state index is 12.4. The fraction of sp³-hybridized carbons (Fsp3) is 0.136. The number of furan rings is 1. The number of hydrogen-bond donors (Lipinski definition) is 2. The number of carbonyl (C=O) groups is 3. The van der Waals surface area contributed by atoms with Crippen molar-refractivity contribution in [3.8, 4) is 0 Å². The summed E-state index contributed by atoms with van der Waals surface area (Å²) in [5.41, 5.74) is 1.41. The molecule has 8 heteroatoms. The molecule has 0 saturated carbocycles. The third kappa shape index (κ3) is 5.96. The highest BCUT2D eigenvalue weighted by atomic mass is 35.5. The standard InChI is InChI=1S/C22H19ClN2O5/c23-16-9-7-15(8-10-16)11-12-24-20(26)14-30-22(28)17-4-1-2-5-18(17)25-21(27)19-6-3-13-29-19/h1-10,13H,11-12,14H2,(H,24,26)(H,25,27). The van der Waals surface area contributed by atoms with Crippen LogP contribution >= 0.6 is 11.6 Å². The Labute approximate surface area is 178 Å². The van der Waals surface area contributed by atoms with Crippen LogP contribution in [0.3, 0.4) is 0 Å². The SMILES string of the molecule is O=C(COC(=O)c1ccccc1NC(=O)c1ccco1)NCCc1ccc(Cl)cc1. The van der Waals surface area contributed by atoms with Crippen LogP contribution < -0.4 is 10.6 Å². The van der Waals surface area contributed by atoms with E-state index in [4.69, 9.17) is 20.8 Å². The minimum Gasteiger partial charge on any atom is -0.459 e. The number of halogens is 1. The van der Waals surface area contributed by atoms with E-state index >= 15 is 0 Å². The van der Waals surface area contributed by atoms with Gasteiger partial charge in [-0.1, -0.05) is 35.9 Å². The van der Waals surface area contributed by atoms with E-state index in [9.17, 15) is 14.4 Å². The van der Waals surface area contributed by atoms with Gasteiger partial charge < -0.3 is 19.8 Å². The molecule has 2 aromatic carbocycles. The van der Waals surface area contributed by atoms with E-state index in [1.54, 1.807) is 36.4 Å². The third-order valence-corrected chi connectivity index (χ3v) is 4.38. The van der Waals surface area contributed by atoms with Gasteiger partial charge in [0.25, 0.3) is 11.8 Å². The smallest absolute Gasteiger partial charge is 0.340 e. The molecule has 154 valence electrons. The zero-order valence-electron chi connectivity index (χ0n) is 15.9. The van der Waals surface area contributed by atoms with E-state index in [2.05, 4.69) is 10.6 Å². The van der Waals surface area contributed by atoms with E-state index in [0.717, 1.165) is 5.56 Å². The first kappa shape index (κ1) is 21.1. The molecule has 0 unspecified atom stereocenters. The van der Waals surface area contributed by atoms with Gasteiger partial charge in [-0.15, -0.1) is 0 Å². The summed E-state index contributed by atoms with van der Waals surface area (Å²) in [6.07, 6.45) is 2.00. The van der Waals surface area contributed by atoms with Gasteiger partial charge in [-0.3, -0.25) is 9.59 Å². The van der Waals surface area contributed by atoms with Gasteiger partial charge >= 0.3 is 5.97 Å². The average Bonchev–Trinajstić information content (AvgIpc) is 3.29. The van der Waals surface area contributed by atoms with Gasteiger partial charge in [0.1, 0.15) is 0 Å². The van der Waals surface area contributed by atoms with Crippen LogP contribution in [0, 0.1) is 0 Å². The van der Waals surface area contributed by atoms with Crippen molar-refractivity contribution in [1.82, 2.24) is 5.32 Å². The number of ether oxygens (including phenoxy) is 1. The molecule has 0 aliphatic heterocycles. The van der Waals surface area contributed by atoms with Crippen molar-refractivity contribution >= 4 is 35.1 Å². The topological polar surface area (TPSA) is 97.6 Å². The van der Waals surface area contributed by atoms with E-state index in [-0.39, 0.29) is 17.0 Å². The highest BCUT2D eigenvalue weighted by Crippen LogP contribution is 2.17. The summed E-state index contributed by atoms with van der Waals surface area (Å²) < 4.78 is 10.1. The monoisotopic (exact) mass is 426 g/mol. The van der Waals surface area contributed by atoms with Gasteiger partial charge in [-0.05, 0) is 48.4 Å². The van der Waals surface area contributed by atoms with E-state index in [0.29, 0.717) is 18.0 Å². The zero-order valence-corrected chi connectivity index (χ0v) is 16.6. The van der Waals surface area contributed by atoms with E-state index in [1.165, 1.54) is 18.4 Å². The maximum absolute atomic E-state index is 12.4. The average molecular weight is 427 g/mol. The molecule has 0 bridgehead atoms. The largest absolute Gasteiger partial charge is 0.459 e. The van der Waals surface area contributed by atoms with Crippen LogP contribution in [0.1, 0.15) is 26.5 Å². The van der Waals surface area contributed by atoms with Crippen LogP contribution in [0.2, 0.25) is 5.02 Å². The Morgan fingerprint density at radius 2 is 1.73 bits per heavy atom. The lowest BCUT2D eigenvalue weighted by Crippen LogP contribution is -2.30. The highest BCUT2D eigenvalue weighted by Gasteiger charge is 2.17. The molecule has 3 rings (SSSR count). The van der Waals surface area contributed by atoms with Gasteiger partial charge in [0, 0.05) is 11.6 Å². The molecule has 7 nitrogen and oxygen atoms in total. The second-order valence-corrected chi connectivity index (χ2v) is 6.72.